The minimum atomic E-state index is -0.398. The minimum Gasteiger partial charge on any atom is -0.491 e. The summed E-state index contributed by atoms with van der Waals surface area (Å²) in [7, 11) is 1.34. The van der Waals surface area contributed by atoms with Gasteiger partial charge in [0.1, 0.15) is 5.75 Å². The number of rotatable bonds is 5. The largest absolute Gasteiger partial charge is 0.491 e. The lowest BCUT2D eigenvalue weighted by atomic mass is 10.1. The molecule has 0 bridgehead atoms. The van der Waals surface area contributed by atoms with Crippen LogP contribution in [-0.2, 0) is 4.74 Å². The monoisotopic (exact) mass is 237 g/mol. The molecule has 0 aromatic heterocycles. The molecule has 2 N–H and O–H groups in total. The minimum absolute atomic E-state index is 0.398. The first kappa shape index (κ1) is 13.4. The van der Waals surface area contributed by atoms with Crippen molar-refractivity contribution >= 4 is 11.7 Å². The molecule has 0 saturated heterocycles. The van der Waals surface area contributed by atoms with Gasteiger partial charge in [-0.2, -0.15) is 0 Å². The lowest BCUT2D eigenvalue weighted by molar-refractivity contribution is 0.0601. The van der Waals surface area contributed by atoms with Gasteiger partial charge >= 0.3 is 5.97 Å². The van der Waals surface area contributed by atoms with Gasteiger partial charge in [0.2, 0.25) is 0 Å². The summed E-state index contributed by atoms with van der Waals surface area (Å²) in [5.41, 5.74) is 6.68. The third kappa shape index (κ3) is 3.98. The summed E-state index contributed by atoms with van der Waals surface area (Å²) in [5.74, 6) is 0.800. The topological polar surface area (TPSA) is 61.5 Å². The second kappa shape index (κ2) is 6.13. The number of carbonyl (C=O) groups excluding carboxylic acids is 1. The molecule has 1 aromatic carbocycles. The molecule has 0 atom stereocenters. The molecule has 17 heavy (non-hydrogen) atoms. The molecule has 0 radical (unpaired) electrons. The van der Waals surface area contributed by atoms with Gasteiger partial charge in [0.25, 0.3) is 0 Å². The van der Waals surface area contributed by atoms with Crippen molar-refractivity contribution in [3.05, 3.63) is 23.8 Å². The van der Waals surface area contributed by atoms with Gasteiger partial charge in [-0.25, -0.2) is 4.79 Å². The Balaban J connectivity index is 2.66. The third-order valence-corrected chi connectivity index (χ3v) is 2.38. The smallest absolute Gasteiger partial charge is 0.337 e. The molecule has 0 amide bonds. The van der Waals surface area contributed by atoms with E-state index in [1.54, 1.807) is 18.2 Å². The van der Waals surface area contributed by atoms with Gasteiger partial charge in [-0.15, -0.1) is 0 Å². The lowest BCUT2D eigenvalue weighted by Crippen LogP contribution is -2.06. The van der Waals surface area contributed by atoms with E-state index in [4.69, 9.17) is 10.5 Å². The Bertz CT molecular complexity index is 388. The Kier molecular flexibility index (Phi) is 4.82. The molecule has 4 heteroatoms. The van der Waals surface area contributed by atoms with Gasteiger partial charge in [0.05, 0.1) is 25.0 Å². The Morgan fingerprint density at radius 2 is 2.12 bits per heavy atom. The Labute approximate surface area is 102 Å². The van der Waals surface area contributed by atoms with Crippen molar-refractivity contribution in [3.63, 3.8) is 0 Å². The van der Waals surface area contributed by atoms with Crippen LogP contribution in [0.15, 0.2) is 18.2 Å². The molecule has 0 aliphatic rings. The normalized spacial score (nSPS) is 10.4. The van der Waals surface area contributed by atoms with Crippen LogP contribution < -0.4 is 10.5 Å². The summed E-state index contributed by atoms with van der Waals surface area (Å²) in [6.45, 7) is 4.89. The van der Waals surface area contributed by atoms with Crippen LogP contribution in [0.5, 0.6) is 5.75 Å². The van der Waals surface area contributed by atoms with Crippen molar-refractivity contribution < 1.29 is 14.3 Å². The molecule has 0 heterocycles. The highest BCUT2D eigenvalue weighted by Crippen LogP contribution is 2.23. The van der Waals surface area contributed by atoms with Gasteiger partial charge < -0.3 is 15.2 Å². The van der Waals surface area contributed by atoms with E-state index < -0.39 is 5.97 Å². The Morgan fingerprint density at radius 3 is 2.65 bits per heavy atom. The van der Waals surface area contributed by atoms with Gasteiger partial charge in [-0.3, -0.25) is 0 Å². The molecule has 0 saturated carbocycles. The average Bonchev–Trinajstić information content (AvgIpc) is 2.29. The summed E-state index contributed by atoms with van der Waals surface area (Å²) < 4.78 is 10.1. The average molecular weight is 237 g/mol. The van der Waals surface area contributed by atoms with E-state index in [-0.39, 0.29) is 0 Å². The maximum atomic E-state index is 11.3. The number of carbonyl (C=O) groups is 1. The lowest BCUT2D eigenvalue weighted by Gasteiger charge is -2.11. The zero-order valence-corrected chi connectivity index (χ0v) is 10.5. The van der Waals surface area contributed by atoms with E-state index in [1.165, 1.54) is 7.11 Å². The van der Waals surface area contributed by atoms with Crippen molar-refractivity contribution in [2.45, 2.75) is 20.3 Å². The van der Waals surface area contributed by atoms with Crippen LogP contribution >= 0.6 is 0 Å². The molecular formula is C13H19NO3. The summed E-state index contributed by atoms with van der Waals surface area (Å²) >= 11 is 0. The first-order chi connectivity index (χ1) is 8.04. The summed E-state index contributed by atoms with van der Waals surface area (Å²) in [6, 6.07) is 4.91. The van der Waals surface area contributed by atoms with Crippen molar-refractivity contribution in [1.82, 2.24) is 0 Å². The van der Waals surface area contributed by atoms with Gasteiger partial charge in [0, 0.05) is 0 Å². The number of nitrogen functional groups attached to an aromatic ring is 1. The number of hydrogen-bond acceptors (Lipinski definition) is 4. The van der Waals surface area contributed by atoms with E-state index in [9.17, 15) is 4.79 Å². The van der Waals surface area contributed by atoms with Crippen molar-refractivity contribution in [3.8, 4) is 5.75 Å². The number of methoxy groups -OCH3 is 1. The van der Waals surface area contributed by atoms with Gasteiger partial charge in [-0.1, -0.05) is 13.8 Å². The molecule has 0 unspecified atom stereocenters. The molecule has 1 rings (SSSR count). The van der Waals surface area contributed by atoms with Crippen LogP contribution in [0.4, 0.5) is 5.69 Å². The molecule has 0 aliphatic carbocycles. The first-order valence-electron chi connectivity index (χ1n) is 5.65. The van der Waals surface area contributed by atoms with Crippen LogP contribution in [0.3, 0.4) is 0 Å². The van der Waals surface area contributed by atoms with E-state index in [1.807, 2.05) is 0 Å². The summed E-state index contributed by atoms with van der Waals surface area (Å²) in [4.78, 5) is 11.3. The highest BCUT2D eigenvalue weighted by Gasteiger charge is 2.08. The number of benzene rings is 1. The number of nitrogens with two attached hydrogens (primary N) is 1. The van der Waals surface area contributed by atoms with Gasteiger partial charge in [0.15, 0.2) is 0 Å². The maximum absolute atomic E-state index is 11.3. The molecule has 94 valence electrons. The fourth-order valence-corrected chi connectivity index (χ4v) is 1.33. The van der Waals surface area contributed by atoms with Crippen LogP contribution in [0, 0.1) is 5.92 Å². The fraction of sp³-hybridized carbons (Fsp3) is 0.462. The predicted octanol–water partition coefficient (Wildman–Crippen LogP) is 2.48. The second-order valence-corrected chi connectivity index (χ2v) is 4.28. The van der Waals surface area contributed by atoms with E-state index >= 15 is 0 Å². The summed E-state index contributed by atoms with van der Waals surface area (Å²) in [5, 5.41) is 0. The van der Waals surface area contributed by atoms with E-state index in [0.29, 0.717) is 29.5 Å². The number of hydrogen-bond donors (Lipinski definition) is 1. The zero-order chi connectivity index (χ0) is 12.8. The van der Waals surface area contributed by atoms with E-state index in [0.717, 1.165) is 6.42 Å². The highest BCUT2D eigenvalue weighted by molar-refractivity contribution is 5.90. The first-order valence-corrected chi connectivity index (χ1v) is 5.65. The van der Waals surface area contributed by atoms with Gasteiger partial charge in [-0.05, 0) is 30.5 Å². The molecule has 0 fully saturated rings. The standard InChI is InChI=1S/C13H19NO3/c1-9(2)6-7-17-12-5-4-10(8-11(12)14)13(15)16-3/h4-5,8-9H,6-7,14H2,1-3H3. The molecule has 0 spiro atoms. The van der Waals surface area contributed by atoms with Crippen molar-refractivity contribution in [2.24, 2.45) is 5.92 Å². The predicted molar refractivity (Wildman–Crippen MR) is 67.1 cm³/mol. The fourth-order valence-electron chi connectivity index (χ4n) is 1.33. The Hall–Kier alpha value is -1.71. The second-order valence-electron chi connectivity index (χ2n) is 4.28. The zero-order valence-electron chi connectivity index (χ0n) is 10.5. The quantitative estimate of drug-likeness (QED) is 0.631. The van der Waals surface area contributed by atoms with Crippen molar-refractivity contribution in [2.75, 3.05) is 19.5 Å². The van der Waals surface area contributed by atoms with Crippen LogP contribution in [0.1, 0.15) is 30.6 Å². The molecule has 1 aromatic rings. The molecular weight excluding hydrogens is 218 g/mol. The number of esters is 1. The molecule has 4 nitrogen and oxygen atoms in total. The maximum Gasteiger partial charge on any atom is 0.337 e. The van der Waals surface area contributed by atoms with Crippen molar-refractivity contribution in [1.29, 1.82) is 0 Å². The molecule has 0 aliphatic heterocycles. The van der Waals surface area contributed by atoms with Crippen LogP contribution in [0.2, 0.25) is 0 Å². The number of ether oxygens (including phenoxy) is 2. The SMILES string of the molecule is COC(=O)c1ccc(OCCC(C)C)c(N)c1. The van der Waals surface area contributed by atoms with E-state index in [2.05, 4.69) is 18.6 Å². The number of anilines is 1. The highest BCUT2D eigenvalue weighted by atomic mass is 16.5. The summed E-state index contributed by atoms with van der Waals surface area (Å²) in [6.07, 6.45) is 0.970. The Morgan fingerprint density at radius 1 is 1.41 bits per heavy atom. The van der Waals surface area contributed by atoms with Crippen LogP contribution in [0.25, 0.3) is 0 Å². The third-order valence-electron chi connectivity index (χ3n) is 2.38. The van der Waals surface area contributed by atoms with Crippen LogP contribution in [-0.4, -0.2) is 19.7 Å².